The first-order valence-electron chi connectivity index (χ1n) is 6.05. The molecule has 0 unspecified atom stereocenters. The van der Waals surface area contributed by atoms with Crippen molar-refractivity contribution in [3.8, 4) is 6.07 Å². The number of nitrogens with two attached hydrogens (primary N) is 1. The van der Waals surface area contributed by atoms with E-state index >= 15 is 0 Å². The van der Waals surface area contributed by atoms with Gasteiger partial charge in [0.05, 0.1) is 16.9 Å². The number of nitriles is 1. The summed E-state index contributed by atoms with van der Waals surface area (Å²) in [7, 11) is 1.89. The van der Waals surface area contributed by atoms with Crippen LogP contribution in [0.4, 0.5) is 11.5 Å². The normalized spacial score (nSPS) is 10.2. The Morgan fingerprint density at radius 1 is 1.53 bits per heavy atom. The van der Waals surface area contributed by atoms with Gasteiger partial charge < -0.3 is 11.1 Å². The third-order valence-electron chi connectivity index (χ3n) is 2.88. The Morgan fingerprint density at radius 2 is 2.32 bits per heavy atom. The van der Waals surface area contributed by atoms with E-state index in [0.717, 1.165) is 17.7 Å². The summed E-state index contributed by atoms with van der Waals surface area (Å²) in [5.74, 6) is 0.532. The van der Waals surface area contributed by atoms with Crippen molar-refractivity contribution in [1.82, 2.24) is 14.8 Å². The number of aryl methyl sites for hydroxylation is 2. The molecule has 3 N–H and O–H groups in total. The predicted octanol–water partition coefficient (Wildman–Crippen LogP) is 1.44. The number of hydrogen-bond acceptors (Lipinski definition) is 5. The zero-order valence-corrected chi connectivity index (χ0v) is 11.0. The fourth-order valence-electron chi connectivity index (χ4n) is 1.92. The zero-order valence-electron chi connectivity index (χ0n) is 11.0. The molecular weight excluding hydrogens is 240 g/mol. The molecule has 0 fully saturated rings. The van der Waals surface area contributed by atoms with Crippen molar-refractivity contribution in [2.75, 3.05) is 11.1 Å². The maximum Gasteiger partial charge on any atom is 0.150 e. The van der Waals surface area contributed by atoms with Gasteiger partial charge >= 0.3 is 0 Å². The lowest BCUT2D eigenvalue weighted by molar-refractivity contribution is 0.746. The Labute approximate surface area is 111 Å². The summed E-state index contributed by atoms with van der Waals surface area (Å²) in [4.78, 5) is 4.15. The van der Waals surface area contributed by atoms with Crippen LogP contribution in [0.2, 0.25) is 0 Å². The quantitative estimate of drug-likeness (QED) is 0.863. The number of rotatable bonds is 4. The second-order valence-corrected chi connectivity index (χ2v) is 4.21. The maximum absolute atomic E-state index is 8.91. The minimum absolute atomic E-state index is 0.381. The number of anilines is 2. The summed E-state index contributed by atoms with van der Waals surface area (Å²) in [5.41, 5.74) is 8.83. The van der Waals surface area contributed by atoms with Crippen LogP contribution in [0, 0.1) is 11.3 Å². The van der Waals surface area contributed by atoms with E-state index in [1.807, 2.05) is 19.3 Å². The summed E-state index contributed by atoms with van der Waals surface area (Å²) in [6, 6.07) is 3.64. The van der Waals surface area contributed by atoms with Gasteiger partial charge in [0.25, 0.3) is 0 Å². The standard InChI is InChI=1S/C13H16N6/c1-3-11-10(8-19(2)18-11)7-17-13-12(15)9(6-14)4-5-16-13/h4-5,8H,3,7,15H2,1-2H3,(H,16,17). The van der Waals surface area contributed by atoms with E-state index in [4.69, 9.17) is 11.0 Å². The van der Waals surface area contributed by atoms with Crippen molar-refractivity contribution in [1.29, 1.82) is 5.26 Å². The van der Waals surface area contributed by atoms with Crippen molar-refractivity contribution in [2.24, 2.45) is 7.05 Å². The van der Waals surface area contributed by atoms with Crippen molar-refractivity contribution in [2.45, 2.75) is 19.9 Å². The van der Waals surface area contributed by atoms with Crippen LogP contribution < -0.4 is 11.1 Å². The summed E-state index contributed by atoms with van der Waals surface area (Å²) >= 11 is 0. The van der Waals surface area contributed by atoms with Crippen molar-refractivity contribution in [3.63, 3.8) is 0 Å². The number of nitrogens with one attached hydrogen (secondary N) is 1. The van der Waals surface area contributed by atoms with Gasteiger partial charge in [-0.25, -0.2) is 4.98 Å². The molecule has 0 amide bonds. The highest BCUT2D eigenvalue weighted by Crippen LogP contribution is 2.20. The number of pyridine rings is 1. The molecule has 0 aliphatic heterocycles. The Balaban J connectivity index is 2.17. The third-order valence-corrected chi connectivity index (χ3v) is 2.88. The minimum Gasteiger partial charge on any atom is -0.395 e. The molecule has 6 heteroatoms. The zero-order chi connectivity index (χ0) is 13.8. The molecule has 0 saturated heterocycles. The molecule has 2 rings (SSSR count). The molecule has 98 valence electrons. The van der Waals surface area contributed by atoms with Gasteiger partial charge in [0.2, 0.25) is 0 Å². The van der Waals surface area contributed by atoms with Crippen LogP contribution in [0.15, 0.2) is 18.5 Å². The Morgan fingerprint density at radius 3 is 3.00 bits per heavy atom. The lowest BCUT2D eigenvalue weighted by atomic mass is 10.2. The van der Waals surface area contributed by atoms with Gasteiger partial charge in [-0.3, -0.25) is 4.68 Å². The molecule has 6 nitrogen and oxygen atoms in total. The van der Waals surface area contributed by atoms with Gasteiger partial charge in [-0.1, -0.05) is 6.92 Å². The highest BCUT2D eigenvalue weighted by atomic mass is 15.3. The van der Waals surface area contributed by atoms with Crippen molar-refractivity contribution >= 4 is 11.5 Å². The summed E-state index contributed by atoms with van der Waals surface area (Å²) in [6.45, 7) is 2.65. The molecular formula is C13H16N6. The van der Waals surface area contributed by atoms with Crippen molar-refractivity contribution < 1.29 is 0 Å². The molecule has 0 aliphatic carbocycles. The van der Waals surface area contributed by atoms with Crippen LogP contribution in [0.1, 0.15) is 23.7 Å². The molecule has 0 spiro atoms. The molecule has 0 aromatic carbocycles. The lowest BCUT2D eigenvalue weighted by Crippen LogP contribution is -2.06. The molecule has 0 aliphatic rings. The molecule has 19 heavy (non-hydrogen) atoms. The largest absolute Gasteiger partial charge is 0.395 e. The second kappa shape index (κ2) is 5.40. The van der Waals surface area contributed by atoms with Crippen LogP contribution in [0.3, 0.4) is 0 Å². The van der Waals surface area contributed by atoms with Gasteiger partial charge in [-0.15, -0.1) is 0 Å². The fraction of sp³-hybridized carbons (Fsp3) is 0.308. The molecule has 0 bridgehead atoms. The maximum atomic E-state index is 8.91. The molecule has 0 radical (unpaired) electrons. The molecule has 2 aromatic rings. The van der Waals surface area contributed by atoms with Gasteiger partial charge in [-0.05, 0) is 12.5 Å². The average molecular weight is 256 g/mol. The smallest absolute Gasteiger partial charge is 0.150 e. The van der Waals surface area contributed by atoms with Crippen LogP contribution in [-0.2, 0) is 20.0 Å². The average Bonchev–Trinajstić information content (AvgIpc) is 2.78. The summed E-state index contributed by atoms with van der Waals surface area (Å²) in [6.07, 6.45) is 4.41. The van der Waals surface area contributed by atoms with Gasteiger partial charge in [0, 0.05) is 31.5 Å². The van der Waals surface area contributed by atoms with Crippen LogP contribution >= 0.6 is 0 Å². The van der Waals surface area contributed by atoms with E-state index < -0.39 is 0 Å². The van der Waals surface area contributed by atoms with Gasteiger partial charge in [0.1, 0.15) is 6.07 Å². The monoisotopic (exact) mass is 256 g/mol. The van der Waals surface area contributed by atoms with Crippen molar-refractivity contribution in [3.05, 3.63) is 35.3 Å². The van der Waals surface area contributed by atoms with E-state index in [1.54, 1.807) is 16.9 Å². The molecule has 2 aromatic heterocycles. The van der Waals surface area contributed by atoms with Gasteiger partial charge in [0.15, 0.2) is 5.82 Å². The number of hydrogen-bond donors (Lipinski definition) is 2. The molecule has 0 saturated carbocycles. The van der Waals surface area contributed by atoms with E-state index in [-0.39, 0.29) is 0 Å². The van der Waals surface area contributed by atoms with E-state index in [2.05, 4.69) is 22.3 Å². The van der Waals surface area contributed by atoms with Gasteiger partial charge in [-0.2, -0.15) is 10.4 Å². The SMILES string of the molecule is CCc1nn(C)cc1CNc1nccc(C#N)c1N. The summed E-state index contributed by atoms with van der Waals surface area (Å²) in [5, 5.41) is 16.4. The topological polar surface area (TPSA) is 92.5 Å². The Bertz CT molecular complexity index is 623. The number of aromatic nitrogens is 3. The first kappa shape index (κ1) is 12.9. The lowest BCUT2D eigenvalue weighted by Gasteiger charge is -2.08. The van der Waals surface area contributed by atoms with E-state index in [1.165, 1.54) is 0 Å². The van der Waals surface area contributed by atoms with Crippen LogP contribution in [-0.4, -0.2) is 14.8 Å². The molecule has 0 atom stereocenters. The second-order valence-electron chi connectivity index (χ2n) is 4.21. The van der Waals surface area contributed by atoms with Crippen LogP contribution in [0.5, 0.6) is 0 Å². The fourth-order valence-corrected chi connectivity index (χ4v) is 1.92. The first-order chi connectivity index (χ1) is 9.15. The Kier molecular flexibility index (Phi) is 3.66. The first-order valence-corrected chi connectivity index (χ1v) is 6.05. The highest BCUT2D eigenvalue weighted by molar-refractivity contribution is 5.68. The highest BCUT2D eigenvalue weighted by Gasteiger charge is 2.09. The van der Waals surface area contributed by atoms with Crippen LogP contribution in [0.25, 0.3) is 0 Å². The predicted molar refractivity (Wildman–Crippen MR) is 73.3 cm³/mol. The number of nitrogen functional groups attached to an aromatic ring is 1. The number of nitrogens with zero attached hydrogens (tertiary/aromatic N) is 4. The van der Waals surface area contributed by atoms with E-state index in [9.17, 15) is 0 Å². The van der Waals surface area contributed by atoms with E-state index in [0.29, 0.717) is 23.6 Å². The minimum atomic E-state index is 0.381. The summed E-state index contributed by atoms with van der Waals surface area (Å²) < 4.78 is 1.79. The Hall–Kier alpha value is -2.55. The molecule has 2 heterocycles. The third kappa shape index (κ3) is 2.65.